The number of amides is 2. The van der Waals surface area contributed by atoms with Crippen molar-refractivity contribution in [3.8, 4) is 0 Å². The van der Waals surface area contributed by atoms with Crippen LogP contribution in [-0.4, -0.2) is 42.0 Å². The zero-order valence-corrected chi connectivity index (χ0v) is 11.6. The van der Waals surface area contributed by atoms with E-state index in [1.165, 1.54) is 38.5 Å². The average Bonchev–Trinajstić information content (AvgIpc) is 2.37. The van der Waals surface area contributed by atoms with E-state index in [1.54, 1.807) is 0 Å². The molecular weight excluding hydrogens is 224 g/mol. The first kappa shape index (κ1) is 12.3. The Morgan fingerprint density at radius 1 is 0.944 bits per heavy atom. The Hall–Kier alpha value is -0.730. The third-order valence-electron chi connectivity index (χ3n) is 5.05. The van der Waals surface area contributed by atoms with Gasteiger partial charge in [0, 0.05) is 26.2 Å². The molecule has 0 aromatic carbocycles. The topological polar surface area (TPSA) is 23.6 Å². The first-order valence-electron chi connectivity index (χ1n) is 7.76. The van der Waals surface area contributed by atoms with Crippen molar-refractivity contribution in [1.82, 2.24) is 9.80 Å². The maximum Gasteiger partial charge on any atom is 0.320 e. The molecule has 0 radical (unpaired) electrons. The van der Waals surface area contributed by atoms with Crippen LogP contribution in [0.15, 0.2) is 0 Å². The molecule has 1 saturated carbocycles. The van der Waals surface area contributed by atoms with Gasteiger partial charge in [-0.25, -0.2) is 4.79 Å². The normalized spacial score (nSPS) is 36.6. The largest absolute Gasteiger partial charge is 0.324 e. The monoisotopic (exact) mass is 250 g/mol. The molecule has 0 N–H and O–H groups in total. The standard InChI is InChI=1S/C15H26N2O/c1-12-4-3-7-16(9-12)15(18)17-10-13-5-2-6-14(8-13)11-17/h12-14H,2-11H2,1H3. The van der Waals surface area contributed by atoms with Gasteiger partial charge >= 0.3 is 6.03 Å². The van der Waals surface area contributed by atoms with Crippen LogP contribution in [-0.2, 0) is 0 Å². The van der Waals surface area contributed by atoms with E-state index in [1.807, 2.05) is 0 Å². The first-order chi connectivity index (χ1) is 8.72. The summed E-state index contributed by atoms with van der Waals surface area (Å²) in [5, 5.41) is 0. The van der Waals surface area contributed by atoms with Crippen LogP contribution in [0.5, 0.6) is 0 Å². The molecule has 3 aliphatic rings. The summed E-state index contributed by atoms with van der Waals surface area (Å²) >= 11 is 0. The fourth-order valence-corrected chi connectivity index (χ4v) is 4.15. The van der Waals surface area contributed by atoms with Crippen molar-refractivity contribution < 1.29 is 4.79 Å². The molecule has 2 aliphatic heterocycles. The van der Waals surface area contributed by atoms with Crippen LogP contribution >= 0.6 is 0 Å². The molecule has 0 aromatic heterocycles. The van der Waals surface area contributed by atoms with Crippen LogP contribution in [0, 0.1) is 17.8 Å². The summed E-state index contributed by atoms with van der Waals surface area (Å²) in [6.45, 7) is 6.28. The van der Waals surface area contributed by atoms with Gasteiger partial charge in [0.2, 0.25) is 0 Å². The van der Waals surface area contributed by atoms with E-state index in [-0.39, 0.29) is 0 Å². The molecule has 0 aromatic rings. The summed E-state index contributed by atoms with van der Waals surface area (Å²) in [7, 11) is 0. The van der Waals surface area contributed by atoms with E-state index in [2.05, 4.69) is 16.7 Å². The summed E-state index contributed by atoms with van der Waals surface area (Å²) in [4.78, 5) is 16.9. The summed E-state index contributed by atoms with van der Waals surface area (Å²) in [5.74, 6) is 2.28. The highest BCUT2D eigenvalue weighted by molar-refractivity contribution is 5.74. The van der Waals surface area contributed by atoms with Crippen LogP contribution in [0.25, 0.3) is 0 Å². The highest BCUT2D eigenvalue weighted by Crippen LogP contribution is 2.34. The second kappa shape index (κ2) is 5.10. The molecule has 1 aliphatic carbocycles. The Balaban J connectivity index is 1.61. The van der Waals surface area contributed by atoms with Crippen LogP contribution < -0.4 is 0 Å². The van der Waals surface area contributed by atoms with Gasteiger partial charge < -0.3 is 9.80 Å². The number of fused-ring (bicyclic) bond motifs is 2. The van der Waals surface area contributed by atoms with Crippen molar-refractivity contribution >= 4 is 6.03 Å². The number of carbonyl (C=O) groups is 1. The molecule has 0 spiro atoms. The second-order valence-electron chi connectivity index (χ2n) is 6.78. The number of carbonyl (C=O) groups excluding carboxylic acids is 1. The number of rotatable bonds is 0. The predicted octanol–water partition coefficient (Wildman–Crippen LogP) is 2.96. The first-order valence-corrected chi connectivity index (χ1v) is 7.76. The Labute approximate surface area is 111 Å². The molecule has 102 valence electrons. The van der Waals surface area contributed by atoms with Crippen molar-refractivity contribution in [2.24, 2.45) is 17.8 Å². The second-order valence-corrected chi connectivity index (χ2v) is 6.78. The van der Waals surface area contributed by atoms with E-state index >= 15 is 0 Å². The zero-order chi connectivity index (χ0) is 12.5. The lowest BCUT2D eigenvalue weighted by molar-refractivity contribution is 0.0743. The number of hydrogen-bond donors (Lipinski definition) is 0. The molecular formula is C15H26N2O. The lowest BCUT2D eigenvalue weighted by atomic mass is 9.78. The van der Waals surface area contributed by atoms with E-state index in [0.29, 0.717) is 11.9 Å². The van der Waals surface area contributed by atoms with Crippen LogP contribution in [0.1, 0.15) is 45.4 Å². The lowest BCUT2D eigenvalue weighted by Gasteiger charge is -2.44. The molecule has 2 heterocycles. The van der Waals surface area contributed by atoms with Crippen molar-refractivity contribution in [3.63, 3.8) is 0 Å². The van der Waals surface area contributed by atoms with Crippen LogP contribution in [0.2, 0.25) is 0 Å². The maximum atomic E-state index is 12.6. The number of urea groups is 1. The van der Waals surface area contributed by atoms with Crippen molar-refractivity contribution in [2.75, 3.05) is 26.2 Å². The van der Waals surface area contributed by atoms with Gasteiger partial charge in [0.25, 0.3) is 0 Å². The van der Waals surface area contributed by atoms with Gasteiger partial charge in [-0.05, 0) is 49.9 Å². The van der Waals surface area contributed by atoms with Gasteiger partial charge in [0.1, 0.15) is 0 Å². The van der Waals surface area contributed by atoms with Gasteiger partial charge in [0.15, 0.2) is 0 Å². The van der Waals surface area contributed by atoms with Gasteiger partial charge in [-0.15, -0.1) is 0 Å². The minimum absolute atomic E-state index is 0.332. The quantitative estimate of drug-likeness (QED) is 0.648. The van der Waals surface area contributed by atoms with E-state index in [4.69, 9.17) is 0 Å². The Kier molecular flexibility index (Phi) is 3.49. The Morgan fingerprint density at radius 2 is 1.67 bits per heavy atom. The average molecular weight is 250 g/mol. The molecule has 2 amide bonds. The molecule has 2 saturated heterocycles. The lowest BCUT2D eigenvalue weighted by Crippen LogP contribution is -2.52. The molecule has 3 fully saturated rings. The summed E-state index contributed by atoms with van der Waals surface area (Å²) in [6.07, 6.45) is 7.92. The molecule has 3 nitrogen and oxygen atoms in total. The summed E-state index contributed by atoms with van der Waals surface area (Å²) in [5.41, 5.74) is 0. The van der Waals surface area contributed by atoms with E-state index < -0.39 is 0 Å². The zero-order valence-electron chi connectivity index (χ0n) is 11.6. The number of hydrogen-bond acceptors (Lipinski definition) is 1. The molecule has 2 bridgehead atoms. The molecule has 3 atom stereocenters. The van der Waals surface area contributed by atoms with Crippen molar-refractivity contribution in [2.45, 2.75) is 45.4 Å². The van der Waals surface area contributed by atoms with Crippen molar-refractivity contribution in [1.29, 1.82) is 0 Å². The van der Waals surface area contributed by atoms with Gasteiger partial charge in [-0.3, -0.25) is 0 Å². The third kappa shape index (κ3) is 2.50. The molecule has 3 rings (SSSR count). The minimum atomic E-state index is 0.332. The van der Waals surface area contributed by atoms with Gasteiger partial charge in [-0.2, -0.15) is 0 Å². The number of likely N-dealkylation sites (tertiary alicyclic amines) is 2. The molecule has 3 unspecified atom stereocenters. The highest BCUT2D eigenvalue weighted by atomic mass is 16.2. The fraction of sp³-hybridized carbons (Fsp3) is 0.933. The van der Waals surface area contributed by atoms with E-state index in [0.717, 1.165) is 38.0 Å². The Bertz CT molecular complexity index is 306. The van der Waals surface area contributed by atoms with Crippen LogP contribution in [0.4, 0.5) is 4.79 Å². The molecule has 18 heavy (non-hydrogen) atoms. The predicted molar refractivity (Wildman–Crippen MR) is 72.4 cm³/mol. The maximum absolute atomic E-state index is 12.6. The van der Waals surface area contributed by atoms with E-state index in [9.17, 15) is 4.79 Å². The third-order valence-corrected chi connectivity index (χ3v) is 5.05. The molecule has 3 heteroatoms. The van der Waals surface area contributed by atoms with Gasteiger partial charge in [-0.1, -0.05) is 13.3 Å². The SMILES string of the molecule is CC1CCCN(C(=O)N2CC3CCCC(C3)C2)C1. The van der Waals surface area contributed by atoms with Crippen molar-refractivity contribution in [3.05, 3.63) is 0 Å². The van der Waals surface area contributed by atoms with Gasteiger partial charge in [0.05, 0.1) is 0 Å². The Morgan fingerprint density at radius 3 is 2.33 bits per heavy atom. The number of nitrogens with zero attached hydrogens (tertiary/aromatic N) is 2. The smallest absolute Gasteiger partial charge is 0.320 e. The summed E-state index contributed by atoms with van der Waals surface area (Å²) in [6, 6.07) is 0.332. The fourth-order valence-electron chi connectivity index (χ4n) is 4.15. The summed E-state index contributed by atoms with van der Waals surface area (Å²) < 4.78 is 0. The minimum Gasteiger partial charge on any atom is -0.324 e. The van der Waals surface area contributed by atoms with Crippen LogP contribution in [0.3, 0.4) is 0 Å². The number of piperidine rings is 2. The highest BCUT2D eigenvalue weighted by Gasteiger charge is 2.34.